The minimum Gasteiger partial charge on any atom is -0.497 e. The number of allylic oxidation sites excluding steroid dienone is 2. The van der Waals surface area contributed by atoms with Gasteiger partial charge in [-0.05, 0) is 49.0 Å². The number of hydrogen-bond acceptors (Lipinski definition) is 2. The summed E-state index contributed by atoms with van der Waals surface area (Å²) in [6, 6.07) is 6.08. The third-order valence-corrected chi connectivity index (χ3v) is 3.01. The summed E-state index contributed by atoms with van der Waals surface area (Å²) in [5, 5.41) is 0. The molecule has 1 aromatic carbocycles. The van der Waals surface area contributed by atoms with Crippen molar-refractivity contribution in [1.82, 2.24) is 0 Å². The molecular formula is C14H18O2. The lowest BCUT2D eigenvalue weighted by Crippen LogP contribution is -1.94. The minimum atomic E-state index is 0.862. The van der Waals surface area contributed by atoms with Crippen LogP contribution >= 0.6 is 0 Å². The van der Waals surface area contributed by atoms with E-state index in [4.69, 9.17) is 9.47 Å². The van der Waals surface area contributed by atoms with Gasteiger partial charge in [0.25, 0.3) is 0 Å². The number of ether oxygens (including phenoxy) is 2. The van der Waals surface area contributed by atoms with Crippen LogP contribution in [0.3, 0.4) is 0 Å². The second-order valence-electron chi connectivity index (χ2n) is 4.08. The van der Waals surface area contributed by atoms with E-state index in [1.54, 1.807) is 14.2 Å². The van der Waals surface area contributed by atoms with E-state index in [0.717, 1.165) is 17.9 Å². The van der Waals surface area contributed by atoms with Crippen LogP contribution in [0.15, 0.2) is 24.3 Å². The Hall–Kier alpha value is -1.44. The minimum absolute atomic E-state index is 0.862. The Morgan fingerprint density at radius 1 is 0.938 bits per heavy atom. The molecule has 0 atom stereocenters. The van der Waals surface area contributed by atoms with Crippen LogP contribution in [-0.4, -0.2) is 14.2 Å². The first kappa shape index (κ1) is 11.1. The van der Waals surface area contributed by atoms with Crippen molar-refractivity contribution in [1.29, 1.82) is 0 Å². The molecule has 0 bridgehead atoms. The fraction of sp³-hybridized carbons (Fsp3) is 0.429. The first-order valence-electron chi connectivity index (χ1n) is 5.76. The van der Waals surface area contributed by atoms with Gasteiger partial charge in [-0.2, -0.15) is 0 Å². The van der Waals surface area contributed by atoms with E-state index in [1.165, 1.54) is 30.4 Å². The van der Waals surface area contributed by atoms with E-state index in [0.29, 0.717) is 0 Å². The number of methoxy groups -OCH3 is 2. The van der Waals surface area contributed by atoms with E-state index in [1.807, 2.05) is 6.07 Å². The summed E-state index contributed by atoms with van der Waals surface area (Å²) >= 11 is 0. The molecule has 0 amide bonds. The van der Waals surface area contributed by atoms with Gasteiger partial charge in [-0.1, -0.05) is 6.08 Å². The molecule has 1 aromatic rings. The van der Waals surface area contributed by atoms with Crippen molar-refractivity contribution in [2.45, 2.75) is 25.7 Å². The van der Waals surface area contributed by atoms with Gasteiger partial charge in [0.2, 0.25) is 0 Å². The molecule has 1 aliphatic rings. The molecule has 0 N–H and O–H groups in total. The van der Waals surface area contributed by atoms with E-state index >= 15 is 0 Å². The Labute approximate surface area is 96.9 Å². The molecule has 0 aliphatic heterocycles. The maximum absolute atomic E-state index is 5.28. The highest BCUT2D eigenvalue weighted by Gasteiger charge is 2.09. The van der Waals surface area contributed by atoms with E-state index in [-0.39, 0.29) is 0 Å². The van der Waals surface area contributed by atoms with Gasteiger partial charge in [-0.25, -0.2) is 0 Å². The first-order chi connectivity index (χ1) is 7.83. The van der Waals surface area contributed by atoms with Crippen molar-refractivity contribution in [3.63, 3.8) is 0 Å². The fourth-order valence-electron chi connectivity index (χ4n) is 2.09. The fourth-order valence-corrected chi connectivity index (χ4v) is 2.09. The van der Waals surface area contributed by atoms with Crippen molar-refractivity contribution >= 4 is 5.57 Å². The van der Waals surface area contributed by atoms with Gasteiger partial charge in [0.1, 0.15) is 11.5 Å². The van der Waals surface area contributed by atoms with Gasteiger partial charge in [0, 0.05) is 6.07 Å². The molecule has 0 spiro atoms. The third kappa shape index (κ3) is 2.38. The Morgan fingerprint density at radius 3 is 2.12 bits per heavy atom. The van der Waals surface area contributed by atoms with Crippen molar-refractivity contribution in [3.05, 3.63) is 29.8 Å². The average molecular weight is 218 g/mol. The Kier molecular flexibility index (Phi) is 3.50. The smallest absolute Gasteiger partial charge is 0.123 e. The molecular weight excluding hydrogens is 200 g/mol. The molecule has 16 heavy (non-hydrogen) atoms. The van der Waals surface area contributed by atoms with Crippen LogP contribution in [0.2, 0.25) is 0 Å². The van der Waals surface area contributed by atoms with Crippen LogP contribution in [0.1, 0.15) is 31.2 Å². The van der Waals surface area contributed by atoms with E-state index < -0.39 is 0 Å². The molecule has 86 valence electrons. The molecule has 0 heterocycles. The van der Waals surface area contributed by atoms with Gasteiger partial charge in [-0.15, -0.1) is 0 Å². The molecule has 2 heteroatoms. The standard InChI is InChI=1S/C14H18O2/c1-15-13-8-12(9-14(10-13)16-2)11-6-4-3-5-7-11/h6,8-10H,3-5,7H2,1-2H3. The van der Waals surface area contributed by atoms with Gasteiger partial charge in [0.05, 0.1) is 14.2 Å². The molecule has 0 saturated carbocycles. The summed E-state index contributed by atoms with van der Waals surface area (Å²) in [5.74, 6) is 1.72. The van der Waals surface area contributed by atoms with Crippen molar-refractivity contribution in [2.75, 3.05) is 14.2 Å². The molecule has 0 saturated heterocycles. The Balaban J connectivity index is 2.35. The quantitative estimate of drug-likeness (QED) is 0.770. The van der Waals surface area contributed by atoms with Crippen LogP contribution in [0.5, 0.6) is 11.5 Å². The molecule has 0 aromatic heterocycles. The SMILES string of the molecule is COc1cc(OC)cc(C2=CCCCC2)c1. The van der Waals surface area contributed by atoms with Gasteiger partial charge < -0.3 is 9.47 Å². The summed E-state index contributed by atoms with van der Waals surface area (Å²) < 4.78 is 10.6. The summed E-state index contributed by atoms with van der Waals surface area (Å²) in [7, 11) is 3.38. The predicted octanol–water partition coefficient (Wildman–Crippen LogP) is 3.66. The highest BCUT2D eigenvalue weighted by Crippen LogP contribution is 2.32. The first-order valence-corrected chi connectivity index (χ1v) is 5.76. The lowest BCUT2D eigenvalue weighted by molar-refractivity contribution is 0.394. The highest BCUT2D eigenvalue weighted by molar-refractivity contribution is 5.68. The summed E-state index contributed by atoms with van der Waals surface area (Å²) in [5.41, 5.74) is 2.65. The van der Waals surface area contributed by atoms with Crippen LogP contribution in [0, 0.1) is 0 Å². The van der Waals surface area contributed by atoms with Crippen LogP contribution < -0.4 is 9.47 Å². The predicted molar refractivity (Wildman–Crippen MR) is 66.0 cm³/mol. The summed E-state index contributed by atoms with van der Waals surface area (Å²) in [6.45, 7) is 0. The molecule has 1 aliphatic carbocycles. The Morgan fingerprint density at radius 2 is 1.62 bits per heavy atom. The van der Waals surface area contributed by atoms with Gasteiger partial charge in [-0.3, -0.25) is 0 Å². The zero-order valence-electron chi connectivity index (χ0n) is 9.95. The molecule has 2 rings (SSSR count). The number of rotatable bonds is 3. The third-order valence-electron chi connectivity index (χ3n) is 3.01. The van der Waals surface area contributed by atoms with E-state index in [9.17, 15) is 0 Å². The maximum atomic E-state index is 5.28. The molecule has 0 radical (unpaired) electrons. The van der Waals surface area contributed by atoms with Crippen molar-refractivity contribution < 1.29 is 9.47 Å². The number of hydrogen-bond donors (Lipinski definition) is 0. The van der Waals surface area contributed by atoms with Crippen LogP contribution in [-0.2, 0) is 0 Å². The lowest BCUT2D eigenvalue weighted by atomic mass is 9.93. The zero-order chi connectivity index (χ0) is 11.4. The van der Waals surface area contributed by atoms with E-state index in [2.05, 4.69) is 18.2 Å². The topological polar surface area (TPSA) is 18.5 Å². The maximum Gasteiger partial charge on any atom is 0.123 e. The highest BCUT2D eigenvalue weighted by atomic mass is 16.5. The Bertz CT molecular complexity index is 371. The zero-order valence-corrected chi connectivity index (χ0v) is 9.95. The molecule has 0 unspecified atom stereocenters. The molecule has 2 nitrogen and oxygen atoms in total. The lowest BCUT2D eigenvalue weighted by Gasteiger charge is -2.15. The molecule has 0 fully saturated rings. The van der Waals surface area contributed by atoms with Gasteiger partial charge >= 0.3 is 0 Å². The second kappa shape index (κ2) is 5.06. The van der Waals surface area contributed by atoms with Crippen molar-refractivity contribution in [2.24, 2.45) is 0 Å². The summed E-state index contributed by atoms with van der Waals surface area (Å²) in [6.07, 6.45) is 7.28. The second-order valence-corrected chi connectivity index (χ2v) is 4.08. The monoisotopic (exact) mass is 218 g/mol. The largest absolute Gasteiger partial charge is 0.497 e. The van der Waals surface area contributed by atoms with Crippen LogP contribution in [0.4, 0.5) is 0 Å². The van der Waals surface area contributed by atoms with Crippen molar-refractivity contribution in [3.8, 4) is 11.5 Å². The van der Waals surface area contributed by atoms with Gasteiger partial charge in [0.15, 0.2) is 0 Å². The summed E-state index contributed by atoms with van der Waals surface area (Å²) in [4.78, 5) is 0. The average Bonchev–Trinajstić information content (AvgIpc) is 2.39. The van der Waals surface area contributed by atoms with Crippen LogP contribution in [0.25, 0.3) is 5.57 Å². The number of benzene rings is 1. The normalized spacial score (nSPS) is 15.5.